The number of halogens is 1. The maximum atomic E-state index is 12.3. The van der Waals surface area contributed by atoms with Gasteiger partial charge in [-0.05, 0) is 36.4 Å². The summed E-state index contributed by atoms with van der Waals surface area (Å²) < 4.78 is 0. The van der Waals surface area contributed by atoms with Crippen molar-refractivity contribution in [2.24, 2.45) is 0 Å². The van der Waals surface area contributed by atoms with Crippen LogP contribution in [-0.4, -0.2) is 10.9 Å². The predicted molar refractivity (Wildman–Crippen MR) is 91.2 cm³/mol. The van der Waals surface area contributed by atoms with Crippen molar-refractivity contribution in [3.63, 3.8) is 0 Å². The molecule has 6 heteroatoms. The number of nitrogens with one attached hydrogen (secondary N) is 2. The maximum absolute atomic E-state index is 12.3. The fraction of sp³-hybridized carbons (Fsp3) is 0. The molecule has 3 rings (SSSR count). The van der Waals surface area contributed by atoms with Gasteiger partial charge in [-0.25, -0.2) is 4.98 Å². The second kappa shape index (κ2) is 6.60. The van der Waals surface area contributed by atoms with Gasteiger partial charge in [0, 0.05) is 33.5 Å². The number of carbonyl (C=O) groups excluding carboxylic acids is 1. The Hall–Kier alpha value is -2.37. The molecule has 1 amide bonds. The molecule has 0 unspecified atom stereocenters. The molecule has 0 aliphatic heterocycles. The number of amides is 1. The monoisotopic (exact) mass is 329 g/mol. The smallest absolute Gasteiger partial charge is 0.255 e. The van der Waals surface area contributed by atoms with E-state index in [0.29, 0.717) is 16.3 Å². The zero-order valence-corrected chi connectivity index (χ0v) is 13.0. The second-order valence-corrected chi connectivity index (χ2v) is 5.84. The zero-order valence-electron chi connectivity index (χ0n) is 11.4. The second-order valence-electron chi connectivity index (χ2n) is 4.51. The van der Waals surface area contributed by atoms with Crippen molar-refractivity contribution in [3.8, 4) is 0 Å². The van der Waals surface area contributed by atoms with E-state index < -0.39 is 0 Å². The lowest BCUT2D eigenvalue weighted by Gasteiger charge is -2.08. The van der Waals surface area contributed by atoms with Crippen molar-refractivity contribution < 1.29 is 4.79 Å². The number of nitrogens with zero attached hydrogens (tertiary/aromatic N) is 1. The number of thiazole rings is 1. The molecule has 0 radical (unpaired) electrons. The number of benzene rings is 2. The van der Waals surface area contributed by atoms with Gasteiger partial charge in [-0.15, -0.1) is 11.3 Å². The van der Waals surface area contributed by atoms with Crippen molar-refractivity contribution in [2.75, 3.05) is 10.6 Å². The summed E-state index contributed by atoms with van der Waals surface area (Å²) in [6, 6.07) is 14.3. The summed E-state index contributed by atoms with van der Waals surface area (Å²) >= 11 is 7.41. The minimum atomic E-state index is -0.190. The summed E-state index contributed by atoms with van der Waals surface area (Å²) in [5.41, 5.74) is 2.03. The lowest BCUT2D eigenvalue weighted by Crippen LogP contribution is -2.11. The van der Waals surface area contributed by atoms with Crippen molar-refractivity contribution in [2.45, 2.75) is 0 Å². The molecule has 0 saturated carbocycles. The number of hydrogen-bond acceptors (Lipinski definition) is 4. The van der Waals surface area contributed by atoms with Crippen molar-refractivity contribution in [3.05, 3.63) is 70.7 Å². The Kier molecular flexibility index (Phi) is 4.37. The largest absolute Gasteiger partial charge is 0.332 e. The fourth-order valence-electron chi connectivity index (χ4n) is 1.92. The van der Waals surface area contributed by atoms with Crippen molar-refractivity contribution >= 4 is 45.4 Å². The minimum Gasteiger partial charge on any atom is -0.332 e. The number of rotatable bonds is 4. The standard InChI is InChI=1S/C16H12ClN3OS/c17-12-4-2-6-14(10-12)19-15(21)11-3-1-5-13(9-11)20-16-18-7-8-22-16/h1-10H,(H,18,20)(H,19,21). The van der Waals surface area contributed by atoms with Gasteiger partial charge in [-0.3, -0.25) is 4.79 Å². The Bertz CT molecular complexity index is 790. The minimum absolute atomic E-state index is 0.190. The number of carbonyl (C=O) groups is 1. The van der Waals surface area contributed by atoms with Crippen LogP contribution in [0.5, 0.6) is 0 Å². The Labute approximate surface area is 136 Å². The summed E-state index contributed by atoms with van der Waals surface area (Å²) in [6.07, 6.45) is 1.72. The Morgan fingerprint density at radius 2 is 1.91 bits per heavy atom. The van der Waals surface area contributed by atoms with E-state index in [9.17, 15) is 4.79 Å². The molecule has 1 heterocycles. The molecular weight excluding hydrogens is 318 g/mol. The topological polar surface area (TPSA) is 54.0 Å². The first kappa shape index (κ1) is 14.6. The van der Waals surface area contributed by atoms with Crippen LogP contribution in [0.25, 0.3) is 0 Å². The van der Waals surface area contributed by atoms with Crippen LogP contribution in [0.2, 0.25) is 5.02 Å². The first-order valence-electron chi connectivity index (χ1n) is 6.54. The highest BCUT2D eigenvalue weighted by molar-refractivity contribution is 7.13. The highest BCUT2D eigenvalue weighted by atomic mass is 35.5. The number of hydrogen-bond donors (Lipinski definition) is 2. The van der Waals surface area contributed by atoms with Crippen LogP contribution in [0.1, 0.15) is 10.4 Å². The first-order valence-corrected chi connectivity index (χ1v) is 7.80. The van der Waals surface area contributed by atoms with Crippen molar-refractivity contribution in [1.82, 2.24) is 4.98 Å². The molecule has 2 aromatic carbocycles. The van der Waals surface area contributed by atoms with Gasteiger partial charge in [0.15, 0.2) is 5.13 Å². The van der Waals surface area contributed by atoms with Gasteiger partial charge in [0.2, 0.25) is 0 Å². The Balaban J connectivity index is 1.75. The fourth-order valence-corrected chi connectivity index (χ4v) is 2.66. The van der Waals surface area contributed by atoms with Crippen LogP contribution < -0.4 is 10.6 Å². The Morgan fingerprint density at radius 1 is 1.09 bits per heavy atom. The van der Waals surface area contributed by atoms with E-state index in [-0.39, 0.29) is 5.91 Å². The van der Waals surface area contributed by atoms with Crippen LogP contribution in [0.3, 0.4) is 0 Å². The van der Waals surface area contributed by atoms with E-state index in [2.05, 4.69) is 15.6 Å². The SMILES string of the molecule is O=C(Nc1cccc(Cl)c1)c1cccc(Nc2nccs2)c1. The van der Waals surface area contributed by atoms with Gasteiger partial charge in [-0.1, -0.05) is 23.7 Å². The predicted octanol–water partition coefficient (Wildman–Crippen LogP) is 4.79. The lowest BCUT2D eigenvalue weighted by molar-refractivity contribution is 0.102. The van der Waals surface area contributed by atoms with E-state index in [1.54, 1.807) is 42.6 Å². The highest BCUT2D eigenvalue weighted by Gasteiger charge is 2.07. The molecule has 0 bridgehead atoms. The normalized spacial score (nSPS) is 10.2. The van der Waals surface area contributed by atoms with Crippen LogP contribution in [0.4, 0.5) is 16.5 Å². The van der Waals surface area contributed by atoms with E-state index >= 15 is 0 Å². The molecule has 3 aromatic rings. The van der Waals surface area contributed by atoms with E-state index in [1.807, 2.05) is 17.5 Å². The van der Waals surface area contributed by atoms with E-state index in [4.69, 9.17) is 11.6 Å². The van der Waals surface area contributed by atoms with Crippen LogP contribution in [0.15, 0.2) is 60.1 Å². The van der Waals surface area contributed by atoms with Crippen molar-refractivity contribution in [1.29, 1.82) is 0 Å². The van der Waals surface area contributed by atoms with Gasteiger partial charge >= 0.3 is 0 Å². The summed E-state index contributed by atoms with van der Waals surface area (Å²) in [5, 5.41) is 9.23. The summed E-state index contributed by atoms with van der Waals surface area (Å²) in [6.45, 7) is 0. The van der Waals surface area contributed by atoms with Gasteiger partial charge in [0.05, 0.1) is 0 Å². The molecule has 22 heavy (non-hydrogen) atoms. The number of anilines is 3. The van der Waals surface area contributed by atoms with Crippen LogP contribution in [0, 0.1) is 0 Å². The van der Waals surface area contributed by atoms with E-state index in [1.165, 1.54) is 11.3 Å². The van der Waals surface area contributed by atoms with Crippen LogP contribution in [-0.2, 0) is 0 Å². The average molecular weight is 330 g/mol. The quantitative estimate of drug-likeness (QED) is 0.723. The third kappa shape index (κ3) is 3.63. The molecule has 0 fully saturated rings. The van der Waals surface area contributed by atoms with Gasteiger partial charge in [-0.2, -0.15) is 0 Å². The Morgan fingerprint density at radius 3 is 2.68 bits per heavy atom. The van der Waals surface area contributed by atoms with Gasteiger partial charge in [0.25, 0.3) is 5.91 Å². The molecule has 0 spiro atoms. The molecular formula is C16H12ClN3OS. The molecule has 1 aromatic heterocycles. The molecule has 4 nitrogen and oxygen atoms in total. The number of aromatic nitrogens is 1. The summed E-state index contributed by atoms with van der Waals surface area (Å²) in [7, 11) is 0. The van der Waals surface area contributed by atoms with Gasteiger partial charge < -0.3 is 10.6 Å². The maximum Gasteiger partial charge on any atom is 0.255 e. The lowest BCUT2D eigenvalue weighted by atomic mass is 10.2. The molecule has 110 valence electrons. The molecule has 0 atom stereocenters. The average Bonchev–Trinajstić information content (AvgIpc) is 3.00. The van der Waals surface area contributed by atoms with E-state index in [0.717, 1.165) is 10.8 Å². The molecule has 2 N–H and O–H groups in total. The van der Waals surface area contributed by atoms with Crippen LogP contribution >= 0.6 is 22.9 Å². The van der Waals surface area contributed by atoms with Gasteiger partial charge in [0.1, 0.15) is 0 Å². The highest BCUT2D eigenvalue weighted by Crippen LogP contribution is 2.20. The molecule has 0 aliphatic carbocycles. The summed E-state index contributed by atoms with van der Waals surface area (Å²) in [4.78, 5) is 16.4. The molecule has 0 saturated heterocycles. The third-order valence-corrected chi connectivity index (χ3v) is 3.81. The third-order valence-electron chi connectivity index (χ3n) is 2.89. The molecule has 0 aliphatic rings. The zero-order chi connectivity index (χ0) is 15.4. The summed E-state index contributed by atoms with van der Waals surface area (Å²) in [5.74, 6) is -0.190. The first-order chi connectivity index (χ1) is 10.7.